The van der Waals surface area contributed by atoms with Crippen molar-refractivity contribution in [3.63, 3.8) is 0 Å². The lowest BCUT2D eigenvalue weighted by Gasteiger charge is -2.25. The van der Waals surface area contributed by atoms with Crippen molar-refractivity contribution in [2.24, 2.45) is 15.5 Å². The highest BCUT2D eigenvalue weighted by molar-refractivity contribution is 14.0. The summed E-state index contributed by atoms with van der Waals surface area (Å²) in [6, 6.07) is 6.55. The molecule has 2 aliphatic rings. The van der Waals surface area contributed by atoms with Crippen LogP contribution in [0.2, 0.25) is 0 Å². The van der Waals surface area contributed by atoms with Gasteiger partial charge in [-0.2, -0.15) is 0 Å². The van der Waals surface area contributed by atoms with Gasteiger partial charge in [-0.25, -0.2) is 18.5 Å². The number of hydrogen-bond donors (Lipinski definition) is 2. The molecule has 1 unspecified atom stereocenters. The van der Waals surface area contributed by atoms with Gasteiger partial charge in [0.05, 0.1) is 18.0 Å². The number of primary sulfonamides is 1. The third-order valence-corrected chi connectivity index (χ3v) is 5.85. The van der Waals surface area contributed by atoms with Gasteiger partial charge in [0.15, 0.2) is 5.96 Å². The van der Waals surface area contributed by atoms with Gasteiger partial charge in [0.1, 0.15) is 0 Å². The van der Waals surface area contributed by atoms with E-state index in [2.05, 4.69) is 17.1 Å². The average Bonchev–Trinajstić information content (AvgIpc) is 3.21. The van der Waals surface area contributed by atoms with E-state index in [0.717, 1.165) is 57.2 Å². The minimum Gasteiger partial charge on any atom is -0.381 e. The molecule has 1 aromatic rings. The summed E-state index contributed by atoms with van der Waals surface area (Å²) in [5.74, 6) is 0.904. The van der Waals surface area contributed by atoms with Gasteiger partial charge in [0.2, 0.25) is 10.0 Å². The van der Waals surface area contributed by atoms with Gasteiger partial charge in [0, 0.05) is 31.7 Å². The largest absolute Gasteiger partial charge is 0.381 e. The van der Waals surface area contributed by atoms with Crippen LogP contribution in [0.15, 0.2) is 34.2 Å². The third-order valence-electron chi connectivity index (χ3n) is 4.92. The molecule has 0 aromatic heterocycles. The van der Waals surface area contributed by atoms with E-state index in [0.29, 0.717) is 6.54 Å². The molecule has 1 atom stereocenters. The van der Waals surface area contributed by atoms with Gasteiger partial charge in [-0.05, 0) is 37.5 Å². The van der Waals surface area contributed by atoms with E-state index >= 15 is 0 Å². The Morgan fingerprint density at radius 3 is 2.65 bits per heavy atom. The second-order valence-corrected chi connectivity index (χ2v) is 8.39. The summed E-state index contributed by atoms with van der Waals surface area (Å²) < 4.78 is 28.2. The lowest BCUT2D eigenvalue weighted by molar-refractivity contribution is 0.156. The summed E-state index contributed by atoms with van der Waals surface area (Å²) in [5.41, 5.74) is 1.23. The smallest absolute Gasteiger partial charge is 0.238 e. The zero-order chi connectivity index (χ0) is 17.9. The number of sulfonamides is 1. The molecule has 0 radical (unpaired) electrons. The zero-order valence-electron chi connectivity index (χ0n) is 15.0. The van der Waals surface area contributed by atoms with Crippen LogP contribution in [-0.2, 0) is 21.3 Å². The Morgan fingerprint density at radius 1 is 1.35 bits per heavy atom. The fourth-order valence-corrected chi connectivity index (χ4v) is 3.98. The topological polar surface area (TPSA) is 97.0 Å². The first-order chi connectivity index (χ1) is 11.9. The Kier molecular flexibility index (Phi) is 7.28. The molecule has 3 N–H and O–H groups in total. The van der Waals surface area contributed by atoms with Crippen molar-refractivity contribution in [3.05, 3.63) is 29.8 Å². The quantitative estimate of drug-likeness (QED) is 0.376. The fraction of sp³-hybridized carbons (Fsp3) is 0.588. The standard InChI is InChI=1S/C17H26N4O3S.HI/c1-2-19-16(21-9-7-17(12-21)8-10-24-13-17)20-11-14-3-5-15(6-4-14)25(18,22)23;/h3-6H,2,7-13H2,1H3,(H,19,20)(H2,18,22,23);1H. The number of benzene rings is 1. The SMILES string of the molecule is CCNC(=NCc1ccc(S(N)(=O)=O)cc1)N1CCC2(CCOC2)C1.I. The van der Waals surface area contributed by atoms with Crippen LogP contribution in [0.5, 0.6) is 0 Å². The Balaban J connectivity index is 0.00000243. The molecule has 0 bridgehead atoms. The van der Waals surface area contributed by atoms with Crippen LogP contribution in [-0.4, -0.2) is 52.1 Å². The summed E-state index contributed by atoms with van der Waals surface area (Å²) in [5, 5.41) is 8.48. The molecule has 26 heavy (non-hydrogen) atoms. The molecular formula is C17H27IN4O3S. The number of ether oxygens (including phenoxy) is 1. The van der Waals surface area contributed by atoms with Crippen molar-refractivity contribution in [1.29, 1.82) is 0 Å². The predicted molar refractivity (Wildman–Crippen MR) is 112 cm³/mol. The van der Waals surface area contributed by atoms with E-state index in [1.54, 1.807) is 12.1 Å². The van der Waals surface area contributed by atoms with Crippen molar-refractivity contribution < 1.29 is 13.2 Å². The van der Waals surface area contributed by atoms with E-state index in [9.17, 15) is 8.42 Å². The molecule has 1 aromatic carbocycles. The second-order valence-electron chi connectivity index (χ2n) is 6.83. The number of rotatable bonds is 4. The first kappa shape index (κ1) is 21.4. The van der Waals surface area contributed by atoms with Crippen LogP contribution < -0.4 is 10.5 Å². The number of guanidine groups is 1. The number of nitrogens with one attached hydrogen (secondary N) is 1. The summed E-state index contributed by atoms with van der Waals surface area (Å²) in [6.45, 7) is 7.02. The molecular weight excluding hydrogens is 467 g/mol. The summed E-state index contributed by atoms with van der Waals surface area (Å²) in [7, 11) is -3.65. The number of halogens is 1. The second kappa shape index (κ2) is 8.85. The molecule has 146 valence electrons. The number of likely N-dealkylation sites (tertiary alicyclic amines) is 1. The van der Waals surface area contributed by atoms with E-state index in [-0.39, 0.29) is 34.3 Å². The zero-order valence-corrected chi connectivity index (χ0v) is 18.1. The molecule has 2 aliphatic heterocycles. The minimum absolute atomic E-state index is 0. The molecule has 0 saturated carbocycles. The molecule has 0 amide bonds. The van der Waals surface area contributed by atoms with Gasteiger partial charge in [-0.3, -0.25) is 0 Å². The lowest BCUT2D eigenvalue weighted by atomic mass is 9.87. The van der Waals surface area contributed by atoms with Crippen molar-refractivity contribution in [2.45, 2.75) is 31.2 Å². The summed E-state index contributed by atoms with van der Waals surface area (Å²) >= 11 is 0. The van der Waals surface area contributed by atoms with Gasteiger partial charge in [0.25, 0.3) is 0 Å². The normalized spacial score (nSPS) is 23.3. The number of nitrogens with two attached hydrogens (primary N) is 1. The molecule has 1 spiro atoms. The number of hydrogen-bond acceptors (Lipinski definition) is 4. The van der Waals surface area contributed by atoms with Crippen molar-refractivity contribution in [2.75, 3.05) is 32.8 Å². The molecule has 2 heterocycles. The highest BCUT2D eigenvalue weighted by Crippen LogP contribution is 2.38. The fourth-order valence-electron chi connectivity index (χ4n) is 3.46. The molecule has 2 fully saturated rings. The first-order valence-electron chi connectivity index (χ1n) is 8.65. The maximum atomic E-state index is 11.3. The highest BCUT2D eigenvalue weighted by atomic mass is 127. The highest BCUT2D eigenvalue weighted by Gasteiger charge is 2.42. The first-order valence-corrected chi connectivity index (χ1v) is 10.2. The van der Waals surface area contributed by atoms with Crippen LogP contribution >= 0.6 is 24.0 Å². The molecule has 3 rings (SSSR count). The van der Waals surface area contributed by atoms with Gasteiger partial charge < -0.3 is 15.0 Å². The Morgan fingerprint density at radius 2 is 2.08 bits per heavy atom. The molecule has 9 heteroatoms. The van der Waals surface area contributed by atoms with Crippen molar-refractivity contribution in [1.82, 2.24) is 10.2 Å². The van der Waals surface area contributed by atoms with Gasteiger partial charge >= 0.3 is 0 Å². The Bertz CT molecular complexity index is 731. The van der Waals surface area contributed by atoms with Crippen molar-refractivity contribution >= 4 is 40.0 Å². The van der Waals surface area contributed by atoms with Crippen molar-refractivity contribution in [3.8, 4) is 0 Å². The number of nitrogens with zero attached hydrogens (tertiary/aromatic N) is 2. The maximum Gasteiger partial charge on any atom is 0.238 e. The Hall–Kier alpha value is -0.910. The number of aliphatic imine (C=N–C) groups is 1. The van der Waals surface area contributed by atoms with E-state index < -0.39 is 10.0 Å². The van der Waals surface area contributed by atoms with Crippen LogP contribution in [0, 0.1) is 5.41 Å². The van der Waals surface area contributed by atoms with Crippen LogP contribution in [0.3, 0.4) is 0 Å². The molecule has 0 aliphatic carbocycles. The molecule has 7 nitrogen and oxygen atoms in total. The monoisotopic (exact) mass is 494 g/mol. The van der Waals surface area contributed by atoms with E-state index in [4.69, 9.17) is 14.9 Å². The summed E-state index contributed by atoms with van der Waals surface area (Å²) in [6.07, 6.45) is 2.26. The van der Waals surface area contributed by atoms with Crippen LogP contribution in [0.1, 0.15) is 25.3 Å². The van der Waals surface area contributed by atoms with Gasteiger partial charge in [-0.15, -0.1) is 24.0 Å². The Labute approximate surface area is 172 Å². The summed E-state index contributed by atoms with van der Waals surface area (Å²) in [4.78, 5) is 7.14. The third kappa shape index (κ3) is 5.08. The molecule has 2 saturated heterocycles. The predicted octanol–water partition coefficient (Wildman–Crippen LogP) is 1.53. The van der Waals surface area contributed by atoms with E-state index in [1.807, 2.05) is 0 Å². The maximum absolute atomic E-state index is 11.3. The van der Waals surface area contributed by atoms with Crippen LogP contribution in [0.4, 0.5) is 0 Å². The lowest BCUT2D eigenvalue weighted by Crippen LogP contribution is -2.41. The van der Waals surface area contributed by atoms with Gasteiger partial charge in [-0.1, -0.05) is 12.1 Å². The average molecular weight is 494 g/mol. The van der Waals surface area contributed by atoms with E-state index in [1.165, 1.54) is 12.1 Å². The van der Waals surface area contributed by atoms with Crippen LogP contribution in [0.25, 0.3) is 0 Å². The minimum atomic E-state index is -3.65.